The number of carbonyl (C=O) groups excluding carboxylic acids is 1. The summed E-state index contributed by atoms with van der Waals surface area (Å²) in [5, 5.41) is 12.2. The van der Waals surface area contributed by atoms with Gasteiger partial charge in [0.1, 0.15) is 6.04 Å². The number of carboxylic acid groups (broad SMARTS) is 1. The molecule has 0 bridgehead atoms. The van der Waals surface area contributed by atoms with Gasteiger partial charge in [-0.1, -0.05) is 0 Å². The Kier molecular flexibility index (Phi) is 6.55. The van der Waals surface area contributed by atoms with Crippen molar-refractivity contribution in [1.29, 1.82) is 0 Å². The summed E-state index contributed by atoms with van der Waals surface area (Å²) in [6.45, 7) is 0.979. The minimum Gasteiger partial charge on any atom is -0.493 e. The van der Waals surface area contributed by atoms with Gasteiger partial charge < -0.3 is 24.6 Å². The maximum Gasteiger partial charge on any atom is 0.326 e. The summed E-state index contributed by atoms with van der Waals surface area (Å²) >= 11 is 0. The first-order chi connectivity index (χ1) is 13.1. The fourth-order valence-corrected chi connectivity index (χ4v) is 3.73. The first-order valence-corrected chi connectivity index (χ1v) is 9.54. The van der Waals surface area contributed by atoms with Crippen LogP contribution in [0.5, 0.6) is 11.5 Å². The fourth-order valence-electron chi connectivity index (χ4n) is 3.73. The summed E-state index contributed by atoms with van der Waals surface area (Å²) in [6.07, 6.45) is 5.89. The molecule has 148 valence electrons. The van der Waals surface area contributed by atoms with Crippen LogP contribution in [0.4, 0.5) is 0 Å². The van der Waals surface area contributed by atoms with Crippen LogP contribution in [0.2, 0.25) is 0 Å². The lowest BCUT2D eigenvalue weighted by atomic mass is 9.93. The van der Waals surface area contributed by atoms with Gasteiger partial charge in [-0.2, -0.15) is 0 Å². The zero-order valence-electron chi connectivity index (χ0n) is 15.6. The summed E-state index contributed by atoms with van der Waals surface area (Å²) in [5.74, 6) is -0.631. The lowest BCUT2D eigenvalue weighted by molar-refractivity contribution is -0.142. The molecule has 7 nitrogen and oxygen atoms in total. The summed E-state index contributed by atoms with van der Waals surface area (Å²) in [6, 6.07) is 3.95. The monoisotopic (exact) mass is 377 g/mol. The summed E-state index contributed by atoms with van der Waals surface area (Å²) in [5.41, 5.74) is 0.353. The van der Waals surface area contributed by atoms with E-state index in [9.17, 15) is 14.7 Å². The average Bonchev–Trinajstić information content (AvgIpc) is 3.19. The van der Waals surface area contributed by atoms with Gasteiger partial charge in [0, 0.05) is 18.1 Å². The minimum absolute atomic E-state index is 0.128. The number of ether oxygens (including phenoxy) is 3. The molecule has 0 spiro atoms. The van der Waals surface area contributed by atoms with Crippen LogP contribution < -0.4 is 14.8 Å². The highest BCUT2D eigenvalue weighted by atomic mass is 16.5. The smallest absolute Gasteiger partial charge is 0.326 e. The number of carbonyl (C=O) groups is 2. The molecule has 1 amide bonds. The normalized spacial score (nSPS) is 21.4. The van der Waals surface area contributed by atoms with Crippen molar-refractivity contribution in [3.05, 3.63) is 23.8 Å². The van der Waals surface area contributed by atoms with Crippen molar-refractivity contribution in [2.75, 3.05) is 20.3 Å². The lowest BCUT2D eigenvalue weighted by Gasteiger charge is -2.28. The molecule has 1 aromatic carbocycles. The number of carboxylic acids is 1. The van der Waals surface area contributed by atoms with Gasteiger partial charge in [0.15, 0.2) is 11.5 Å². The molecule has 1 aromatic rings. The molecular formula is C20H27NO6. The number of rotatable bonds is 7. The quantitative estimate of drug-likeness (QED) is 0.759. The number of benzene rings is 1. The van der Waals surface area contributed by atoms with E-state index >= 15 is 0 Å². The zero-order valence-corrected chi connectivity index (χ0v) is 15.6. The Balaban J connectivity index is 1.73. The van der Waals surface area contributed by atoms with E-state index in [0.29, 0.717) is 30.3 Å². The molecule has 0 aromatic heterocycles. The molecule has 1 saturated carbocycles. The summed E-state index contributed by atoms with van der Waals surface area (Å²) in [4.78, 5) is 24.3. The fraction of sp³-hybridized carbons (Fsp3) is 0.600. The molecule has 1 aliphatic carbocycles. The minimum atomic E-state index is -1.05. The zero-order chi connectivity index (χ0) is 19.2. The number of hydrogen-bond acceptors (Lipinski definition) is 5. The van der Waals surface area contributed by atoms with Crippen LogP contribution in [-0.4, -0.2) is 49.5 Å². The lowest BCUT2D eigenvalue weighted by Crippen LogP contribution is -2.48. The van der Waals surface area contributed by atoms with Crippen LogP contribution >= 0.6 is 0 Å². The third-order valence-electron chi connectivity index (χ3n) is 5.24. The molecule has 2 unspecified atom stereocenters. The van der Waals surface area contributed by atoms with Crippen LogP contribution in [-0.2, 0) is 9.53 Å². The highest BCUT2D eigenvalue weighted by molar-refractivity contribution is 5.97. The Morgan fingerprint density at radius 3 is 2.59 bits per heavy atom. The number of amides is 1. The summed E-state index contributed by atoms with van der Waals surface area (Å²) in [7, 11) is 1.56. The standard InChI is InChI=1S/C20H27NO6/c1-25-16-9-8-13(11-17(16)27-15-6-2-3-7-15)19(22)21-18(20(23)24)14-5-4-10-26-12-14/h8-9,11,14-15,18H,2-7,10,12H2,1H3,(H,21,22)(H,23,24). The van der Waals surface area contributed by atoms with Crippen LogP contribution in [0.25, 0.3) is 0 Å². The highest BCUT2D eigenvalue weighted by Crippen LogP contribution is 2.32. The van der Waals surface area contributed by atoms with Crippen molar-refractivity contribution in [1.82, 2.24) is 5.32 Å². The molecule has 0 radical (unpaired) electrons. The number of hydrogen-bond donors (Lipinski definition) is 2. The van der Waals surface area contributed by atoms with Crippen molar-refractivity contribution in [2.24, 2.45) is 5.92 Å². The first kappa shape index (κ1) is 19.5. The molecule has 2 fully saturated rings. The number of nitrogens with one attached hydrogen (secondary N) is 1. The predicted molar refractivity (Wildman–Crippen MR) is 98.3 cm³/mol. The Bertz CT molecular complexity index is 664. The van der Waals surface area contributed by atoms with Gasteiger partial charge in [-0.3, -0.25) is 4.79 Å². The van der Waals surface area contributed by atoms with Gasteiger partial charge in [0.25, 0.3) is 5.91 Å². The summed E-state index contributed by atoms with van der Waals surface area (Å²) < 4.78 is 16.7. The topological polar surface area (TPSA) is 94.1 Å². The molecule has 3 rings (SSSR count). The van der Waals surface area contributed by atoms with Crippen molar-refractivity contribution in [2.45, 2.75) is 50.7 Å². The van der Waals surface area contributed by atoms with E-state index in [1.807, 2.05) is 0 Å². The molecule has 2 N–H and O–H groups in total. The second kappa shape index (κ2) is 9.08. The van der Waals surface area contributed by atoms with Gasteiger partial charge in [-0.05, 0) is 56.7 Å². The first-order valence-electron chi connectivity index (χ1n) is 9.54. The molecule has 1 heterocycles. The van der Waals surface area contributed by atoms with Crippen molar-refractivity contribution >= 4 is 11.9 Å². The van der Waals surface area contributed by atoms with Crippen LogP contribution in [0, 0.1) is 5.92 Å². The average molecular weight is 377 g/mol. The number of methoxy groups -OCH3 is 1. The van der Waals surface area contributed by atoms with Crippen LogP contribution in [0.3, 0.4) is 0 Å². The molecule has 27 heavy (non-hydrogen) atoms. The largest absolute Gasteiger partial charge is 0.493 e. The van der Waals surface area contributed by atoms with E-state index in [1.54, 1.807) is 25.3 Å². The second-order valence-electron chi connectivity index (χ2n) is 7.16. The van der Waals surface area contributed by atoms with E-state index in [4.69, 9.17) is 14.2 Å². The van der Waals surface area contributed by atoms with Gasteiger partial charge in [0.05, 0.1) is 19.8 Å². The van der Waals surface area contributed by atoms with Crippen molar-refractivity contribution in [3.63, 3.8) is 0 Å². The van der Waals surface area contributed by atoms with E-state index in [1.165, 1.54) is 0 Å². The van der Waals surface area contributed by atoms with Crippen LogP contribution in [0.15, 0.2) is 18.2 Å². The molecular weight excluding hydrogens is 350 g/mol. The van der Waals surface area contributed by atoms with Gasteiger partial charge in [0.2, 0.25) is 0 Å². The Labute approximate surface area is 159 Å². The molecule has 1 saturated heterocycles. The molecule has 2 aliphatic rings. The van der Waals surface area contributed by atoms with Crippen LogP contribution in [0.1, 0.15) is 48.9 Å². The van der Waals surface area contributed by atoms with Gasteiger partial charge in [-0.25, -0.2) is 4.79 Å². The van der Waals surface area contributed by atoms with E-state index in [-0.39, 0.29) is 12.0 Å². The Morgan fingerprint density at radius 2 is 1.96 bits per heavy atom. The third kappa shape index (κ3) is 4.91. The van der Waals surface area contributed by atoms with Crippen molar-refractivity contribution < 1.29 is 28.9 Å². The van der Waals surface area contributed by atoms with Gasteiger partial charge >= 0.3 is 5.97 Å². The molecule has 1 aliphatic heterocycles. The SMILES string of the molecule is COc1ccc(C(=O)NC(C(=O)O)C2CCCOC2)cc1OC1CCCC1. The molecule has 7 heteroatoms. The molecule has 2 atom stereocenters. The van der Waals surface area contributed by atoms with E-state index < -0.39 is 17.9 Å². The Hall–Kier alpha value is -2.28. The third-order valence-corrected chi connectivity index (χ3v) is 5.24. The second-order valence-corrected chi connectivity index (χ2v) is 7.16. The Morgan fingerprint density at radius 1 is 1.19 bits per heavy atom. The predicted octanol–water partition coefficient (Wildman–Crippen LogP) is 2.63. The number of aliphatic carboxylic acids is 1. The van der Waals surface area contributed by atoms with Gasteiger partial charge in [-0.15, -0.1) is 0 Å². The van der Waals surface area contributed by atoms with Crippen molar-refractivity contribution in [3.8, 4) is 11.5 Å². The van der Waals surface area contributed by atoms with E-state index in [2.05, 4.69) is 5.32 Å². The van der Waals surface area contributed by atoms with E-state index in [0.717, 1.165) is 38.5 Å². The maximum absolute atomic E-state index is 12.7. The maximum atomic E-state index is 12.7. The highest BCUT2D eigenvalue weighted by Gasteiger charge is 2.32.